The summed E-state index contributed by atoms with van der Waals surface area (Å²) in [5.74, 6) is 0.920. The topological polar surface area (TPSA) is 100 Å². The van der Waals surface area contributed by atoms with E-state index in [0.717, 1.165) is 12.0 Å². The van der Waals surface area contributed by atoms with Crippen molar-refractivity contribution < 1.29 is 14.4 Å². The average Bonchev–Trinajstić information content (AvgIpc) is 3.04. The maximum atomic E-state index is 12.2. The van der Waals surface area contributed by atoms with Crippen molar-refractivity contribution >= 4 is 6.03 Å². The predicted molar refractivity (Wildman–Crippen MR) is 94.0 cm³/mol. The van der Waals surface area contributed by atoms with Crippen LogP contribution in [0.1, 0.15) is 56.9 Å². The number of hydrogen-bond donors (Lipinski definition) is 3. The molecule has 3 N–H and O–H groups in total. The minimum Gasteiger partial charge on any atom is -0.394 e. The number of amides is 2. The standard InChI is InChI=1S/C18H26N4O3/c1-4-10-18(3,12-23)21-17(24)19-13(2)16-20-15(25-22-16)11-14-8-6-5-7-9-14/h5-9,13,23H,4,10-12H2,1-3H3,(H2,19,21,24). The number of benzene rings is 1. The van der Waals surface area contributed by atoms with Crippen molar-refractivity contribution in [3.05, 3.63) is 47.6 Å². The number of aliphatic hydroxyl groups excluding tert-OH is 1. The first kappa shape index (κ1) is 18.9. The van der Waals surface area contributed by atoms with Crippen molar-refractivity contribution in [2.75, 3.05) is 6.61 Å². The lowest BCUT2D eigenvalue weighted by atomic mass is 9.98. The second kappa shape index (κ2) is 8.62. The summed E-state index contributed by atoms with van der Waals surface area (Å²) in [4.78, 5) is 16.5. The van der Waals surface area contributed by atoms with Crippen LogP contribution in [0.5, 0.6) is 0 Å². The second-order valence-corrected chi connectivity index (χ2v) is 6.50. The van der Waals surface area contributed by atoms with E-state index in [0.29, 0.717) is 24.6 Å². The normalized spacial score (nSPS) is 14.6. The van der Waals surface area contributed by atoms with Crippen LogP contribution in [0.4, 0.5) is 4.79 Å². The molecule has 0 saturated carbocycles. The molecule has 0 radical (unpaired) electrons. The number of carbonyl (C=O) groups is 1. The van der Waals surface area contributed by atoms with E-state index in [-0.39, 0.29) is 12.6 Å². The van der Waals surface area contributed by atoms with Crippen LogP contribution >= 0.6 is 0 Å². The molecule has 25 heavy (non-hydrogen) atoms. The van der Waals surface area contributed by atoms with Gasteiger partial charge in [0.15, 0.2) is 5.82 Å². The molecular formula is C18H26N4O3. The molecule has 0 aliphatic heterocycles. The zero-order valence-electron chi connectivity index (χ0n) is 15.0. The molecule has 7 nitrogen and oxygen atoms in total. The van der Waals surface area contributed by atoms with Crippen LogP contribution in [0.2, 0.25) is 0 Å². The third-order valence-electron chi connectivity index (χ3n) is 3.98. The lowest BCUT2D eigenvalue weighted by molar-refractivity contribution is 0.162. The number of aromatic nitrogens is 2. The number of aliphatic hydroxyl groups is 1. The van der Waals surface area contributed by atoms with Crippen LogP contribution in [0.15, 0.2) is 34.9 Å². The molecule has 2 amide bonds. The van der Waals surface area contributed by atoms with Gasteiger partial charge in [0.2, 0.25) is 5.89 Å². The maximum absolute atomic E-state index is 12.2. The number of rotatable bonds is 8. The van der Waals surface area contributed by atoms with Gasteiger partial charge in [0, 0.05) is 0 Å². The Kier molecular flexibility index (Phi) is 6.52. The zero-order chi connectivity index (χ0) is 18.3. The Morgan fingerprint density at radius 1 is 1.36 bits per heavy atom. The highest BCUT2D eigenvalue weighted by molar-refractivity contribution is 5.75. The molecule has 1 aromatic heterocycles. The van der Waals surface area contributed by atoms with E-state index in [2.05, 4.69) is 20.8 Å². The molecule has 0 bridgehead atoms. The van der Waals surface area contributed by atoms with Gasteiger partial charge in [0.25, 0.3) is 0 Å². The molecule has 1 heterocycles. The quantitative estimate of drug-likeness (QED) is 0.682. The van der Waals surface area contributed by atoms with Gasteiger partial charge >= 0.3 is 6.03 Å². The smallest absolute Gasteiger partial charge is 0.315 e. The molecule has 0 saturated heterocycles. The van der Waals surface area contributed by atoms with Crippen molar-refractivity contribution in [1.82, 2.24) is 20.8 Å². The summed E-state index contributed by atoms with van der Waals surface area (Å²) in [5.41, 5.74) is 0.434. The molecule has 1 aromatic carbocycles. The molecule has 2 aromatic rings. The highest BCUT2D eigenvalue weighted by Gasteiger charge is 2.26. The summed E-state index contributed by atoms with van der Waals surface area (Å²) in [6.07, 6.45) is 2.10. The molecule has 0 aliphatic carbocycles. The molecule has 0 aliphatic rings. The van der Waals surface area contributed by atoms with Gasteiger partial charge in [-0.25, -0.2) is 4.79 Å². The largest absolute Gasteiger partial charge is 0.394 e. The lowest BCUT2D eigenvalue weighted by Crippen LogP contribution is -2.52. The van der Waals surface area contributed by atoms with Crippen LogP contribution in [0.25, 0.3) is 0 Å². The fourth-order valence-corrected chi connectivity index (χ4v) is 2.59. The van der Waals surface area contributed by atoms with Gasteiger partial charge in [0.05, 0.1) is 24.6 Å². The van der Waals surface area contributed by atoms with Gasteiger partial charge < -0.3 is 20.3 Å². The van der Waals surface area contributed by atoms with Crippen molar-refractivity contribution in [3.63, 3.8) is 0 Å². The fourth-order valence-electron chi connectivity index (χ4n) is 2.59. The Balaban J connectivity index is 1.92. The molecule has 0 fully saturated rings. The molecular weight excluding hydrogens is 320 g/mol. The van der Waals surface area contributed by atoms with Gasteiger partial charge in [0.1, 0.15) is 0 Å². The fraction of sp³-hybridized carbons (Fsp3) is 0.500. The van der Waals surface area contributed by atoms with Gasteiger partial charge in [-0.1, -0.05) is 48.8 Å². The number of carbonyl (C=O) groups excluding carboxylic acids is 1. The highest BCUT2D eigenvalue weighted by Crippen LogP contribution is 2.14. The van der Waals surface area contributed by atoms with Gasteiger partial charge in [-0.2, -0.15) is 4.98 Å². The third kappa shape index (κ3) is 5.56. The van der Waals surface area contributed by atoms with Crippen molar-refractivity contribution in [1.29, 1.82) is 0 Å². The maximum Gasteiger partial charge on any atom is 0.315 e. The van der Waals surface area contributed by atoms with Gasteiger partial charge in [-0.3, -0.25) is 0 Å². The van der Waals surface area contributed by atoms with E-state index in [1.165, 1.54) is 0 Å². The summed E-state index contributed by atoms with van der Waals surface area (Å²) in [5, 5.41) is 19.0. The summed E-state index contributed by atoms with van der Waals surface area (Å²) in [6, 6.07) is 9.06. The first-order valence-electron chi connectivity index (χ1n) is 8.51. The lowest BCUT2D eigenvalue weighted by Gasteiger charge is -2.28. The minimum atomic E-state index is -0.645. The van der Waals surface area contributed by atoms with Crippen LogP contribution in [0, 0.1) is 0 Å². The Labute approximate surface area is 147 Å². The summed E-state index contributed by atoms with van der Waals surface area (Å²) < 4.78 is 5.26. The Morgan fingerprint density at radius 2 is 2.08 bits per heavy atom. The summed E-state index contributed by atoms with van der Waals surface area (Å²) >= 11 is 0. The number of nitrogens with one attached hydrogen (secondary N) is 2. The zero-order valence-corrected chi connectivity index (χ0v) is 15.0. The van der Waals surface area contributed by atoms with E-state index >= 15 is 0 Å². The van der Waals surface area contributed by atoms with Crippen LogP contribution in [-0.2, 0) is 6.42 Å². The third-order valence-corrected chi connectivity index (χ3v) is 3.98. The average molecular weight is 346 g/mol. The molecule has 7 heteroatoms. The highest BCUT2D eigenvalue weighted by atomic mass is 16.5. The monoisotopic (exact) mass is 346 g/mol. The second-order valence-electron chi connectivity index (χ2n) is 6.50. The molecule has 0 spiro atoms. The number of hydrogen-bond acceptors (Lipinski definition) is 5. The number of urea groups is 1. The van der Waals surface area contributed by atoms with Gasteiger partial charge in [-0.15, -0.1) is 0 Å². The van der Waals surface area contributed by atoms with Crippen molar-refractivity contribution in [3.8, 4) is 0 Å². The molecule has 2 unspecified atom stereocenters. The van der Waals surface area contributed by atoms with E-state index in [1.54, 1.807) is 6.92 Å². The van der Waals surface area contributed by atoms with Crippen LogP contribution < -0.4 is 10.6 Å². The number of nitrogens with zero attached hydrogens (tertiary/aromatic N) is 2. The first-order chi connectivity index (χ1) is 12.0. The molecule has 136 valence electrons. The van der Waals surface area contributed by atoms with Gasteiger partial charge in [-0.05, 0) is 25.8 Å². The van der Waals surface area contributed by atoms with Crippen LogP contribution in [0.3, 0.4) is 0 Å². The first-order valence-corrected chi connectivity index (χ1v) is 8.51. The Bertz CT molecular complexity index is 674. The van der Waals surface area contributed by atoms with E-state index < -0.39 is 11.6 Å². The molecule has 2 rings (SSSR count). The van der Waals surface area contributed by atoms with Crippen molar-refractivity contribution in [2.45, 2.75) is 51.6 Å². The van der Waals surface area contributed by atoms with E-state index in [1.807, 2.05) is 44.2 Å². The van der Waals surface area contributed by atoms with E-state index in [9.17, 15) is 9.90 Å². The predicted octanol–water partition coefficient (Wildman–Crippen LogP) is 2.57. The summed E-state index contributed by atoms with van der Waals surface area (Å²) in [6.45, 7) is 5.48. The Hall–Kier alpha value is -2.41. The van der Waals surface area contributed by atoms with Crippen LogP contribution in [-0.4, -0.2) is 33.4 Å². The summed E-state index contributed by atoms with van der Waals surface area (Å²) in [7, 11) is 0. The molecule has 2 atom stereocenters. The Morgan fingerprint density at radius 3 is 2.72 bits per heavy atom. The minimum absolute atomic E-state index is 0.119. The van der Waals surface area contributed by atoms with Crippen molar-refractivity contribution in [2.24, 2.45) is 0 Å². The van der Waals surface area contributed by atoms with E-state index in [4.69, 9.17) is 4.52 Å². The SMILES string of the molecule is CCCC(C)(CO)NC(=O)NC(C)c1noc(Cc2ccccc2)n1.